The van der Waals surface area contributed by atoms with Gasteiger partial charge in [0.2, 0.25) is 0 Å². The Labute approximate surface area is 266 Å². The van der Waals surface area contributed by atoms with Gasteiger partial charge in [-0.15, -0.1) is 0 Å². The lowest BCUT2D eigenvalue weighted by atomic mass is 10.0. The van der Waals surface area contributed by atoms with Gasteiger partial charge in [0.05, 0.1) is 0 Å². The maximum atomic E-state index is 10.3. The molecule has 0 aromatic carbocycles. The van der Waals surface area contributed by atoms with Crippen LogP contribution in [0.15, 0.2) is 0 Å². The minimum absolute atomic E-state index is 0.345. The molecule has 0 rings (SSSR count). The Morgan fingerprint density at radius 1 is 0.357 bits per heavy atom. The van der Waals surface area contributed by atoms with Crippen LogP contribution in [0.4, 0.5) is 0 Å². The fourth-order valence-corrected chi connectivity index (χ4v) is 5.97. The van der Waals surface area contributed by atoms with E-state index in [9.17, 15) is 4.79 Å². The first-order chi connectivity index (χ1) is 20.6. The lowest BCUT2D eigenvalue weighted by Crippen LogP contribution is -2.26. The molecule has 0 saturated carbocycles. The van der Waals surface area contributed by atoms with E-state index in [4.69, 9.17) is 5.11 Å². The molecule has 0 amide bonds. The predicted molar refractivity (Wildman–Crippen MR) is 190 cm³/mol. The van der Waals surface area contributed by atoms with E-state index in [-0.39, 0.29) is 0 Å². The molecule has 0 radical (unpaired) electrons. The fraction of sp³-hybridized carbons (Fsp3) is 0.974. The lowest BCUT2D eigenvalue weighted by molar-refractivity contribution is -0.137. The molecule has 0 aliphatic heterocycles. The monoisotopic (exact) mass is 596 g/mol. The summed E-state index contributed by atoms with van der Waals surface area (Å²) in [5.41, 5.74) is 0. The average Bonchev–Trinajstić information content (AvgIpc) is 2.98. The summed E-state index contributed by atoms with van der Waals surface area (Å²) in [4.78, 5) is 13.0. The van der Waals surface area contributed by atoms with Crippen LogP contribution in [0.3, 0.4) is 0 Å². The van der Waals surface area contributed by atoms with Crippen LogP contribution in [-0.2, 0) is 4.79 Å². The van der Waals surface area contributed by atoms with Crippen LogP contribution in [0.5, 0.6) is 0 Å². The molecule has 0 aromatic heterocycles. The molecule has 0 atom stereocenters. The van der Waals surface area contributed by atoms with Crippen molar-refractivity contribution in [2.75, 3.05) is 19.6 Å². The van der Waals surface area contributed by atoms with Gasteiger partial charge < -0.3 is 10.0 Å². The van der Waals surface area contributed by atoms with Crippen molar-refractivity contribution in [1.82, 2.24) is 4.90 Å². The summed E-state index contributed by atoms with van der Waals surface area (Å²) in [5.74, 6) is -0.653. The zero-order chi connectivity index (χ0) is 31.2. The van der Waals surface area contributed by atoms with E-state index in [0.717, 1.165) is 12.8 Å². The molecule has 0 aromatic rings. The quantitative estimate of drug-likeness (QED) is 0.0752. The highest BCUT2D eigenvalue weighted by atomic mass is 16.4. The van der Waals surface area contributed by atoms with Crippen molar-refractivity contribution < 1.29 is 9.90 Å². The summed E-state index contributed by atoms with van der Waals surface area (Å²) in [6.45, 7) is 13.1. The molecule has 254 valence electrons. The Bertz CT molecular complexity index is 475. The van der Waals surface area contributed by atoms with Gasteiger partial charge in [-0.05, 0) is 45.3 Å². The molecule has 1 N–H and O–H groups in total. The predicted octanol–water partition coefficient (Wildman–Crippen LogP) is 13.5. The van der Waals surface area contributed by atoms with Crippen molar-refractivity contribution in [3.05, 3.63) is 0 Å². The van der Waals surface area contributed by atoms with Crippen LogP contribution in [0, 0.1) is 0 Å². The summed E-state index contributed by atoms with van der Waals surface area (Å²) in [7, 11) is 0. The fourth-order valence-electron chi connectivity index (χ4n) is 5.97. The normalized spacial score (nSPS) is 11.2. The molecular formula is C39H81NO2. The van der Waals surface area contributed by atoms with Crippen LogP contribution in [0.25, 0.3) is 0 Å². The molecule has 0 fully saturated rings. The molecule has 0 unspecified atom stereocenters. The van der Waals surface area contributed by atoms with Gasteiger partial charge in [-0.25, -0.2) is 0 Å². The second kappa shape index (κ2) is 40.4. The van der Waals surface area contributed by atoms with Crippen molar-refractivity contribution >= 4 is 5.97 Å². The molecule has 42 heavy (non-hydrogen) atoms. The topological polar surface area (TPSA) is 40.5 Å². The highest BCUT2D eigenvalue weighted by Gasteiger charge is 2.02. The smallest absolute Gasteiger partial charge is 0.303 e. The van der Waals surface area contributed by atoms with Gasteiger partial charge in [0, 0.05) is 6.42 Å². The first kappa shape index (κ1) is 43.6. The van der Waals surface area contributed by atoms with Crippen molar-refractivity contribution in [2.45, 2.75) is 227 Å². The Morgan fingerprint density at radius 3 is 0.881 bits per heavy atom. The van der Waals surface area contributed by atoms with Crippen molar-refractivity contribution in [1.29, 1.82) is 0 Å². The third-order valence-corrected chi connectivity index (χ3v) is 8.65. The Kier molecular flexibility index (Phi) is 41.9. The van der Waals surface area contributed by atoms with E-state index in [2.05, 4.69) is 32.6 Å². The molecule has 0 heterocycles. The van der Waals surface area contributed by atoms with Gasteiger partial charge >= 0.3 is 5.97 Å². The van der Waals surface area contributed by atoms with Crippen LogP contribution in [0.2, 0.25) is 0 Å². The molecule has 0 aliphatic carbocycles. The van der Waals surface area contributed by atoms with Gasteiger partial charge in [-0.1, -0.05) is 195 Å². The molecule has 0 bridgehead atoms. The highest BCUT2D eigenvalue weighted by molar-refractivity contribution is 5.66. The van der Waals surface area contributed by atoms with E-state index in [1.807, 2.05) is 0 Å². The standard InChI is InChI=1S/C21H45N.C18H36O2/c1-4-7-8-9-10-11-12-13-14-15-16-17-18-21-22(19-5-2)20-6-3;1-2-3-4-5-6-7-8-9-10-11-12-13-14-15-16-17-18(19)20/h4-21H2,1-3H3;2-17H2,1H3,(H,19,20). The van der Waals surface area contributed by atoms with E-state index in [1.165, 1.54) is 199 Å². The number of nitrogens with zero attached hydrogens (tertiary/aromatic N) is 1. The second-order valence-electron chi connectivity index (χ2n) is 13.2. The van der Waals surface area contributed by atoms with Crippen LogP contribution >= 0.6 is 0 Å². The van der Waals surface area contributed by atoms with Crippen LogP contribution in [-0.4, -0.2) is 35.6 Å². The molecule has 3 nitrogen and oxygen atoms in total. The summed E-state index contributed by atoms with van der Waals surface area (Å²) < 4.78 is 0. The van der Waals surface area contributed by atoms with E-state index in [0.29, 0.717) is 6.42 Å². The molecule has 0 aliphatic rings. The first-order valence-electron chi connectivity index (χ1n) is 19.6. The first-order valence-corrected chi connectivity index (χ1v) is 19.6. The van der Waals surface area contributed by atoms with Crippen molar-refractivity contribution in [3.63, 3.8) is 0 Å². The van der Waals surface area contributed by atoms with Gasteiger partial charge in [-0.2, -0.15) is 0 Å². The van der Waals surface area contributed by atoms with E-state index >= 15 is 0 Å². The summed E-state index contributed by atoms with van der Waals surface area (Å²) in [6.07, 6.45) is 41.7. The van der Waals surface area contributed by atoms with Gasteiger partial charge in [0.15, 0.2) is 0 Å². The van der Waals surface area contributed by atoms with Gasteiger partial charge in [0.1, 0.15) is 0 Å². The summed E-state index contributed by atoms with van der Waals surface area (Å²) in [6, 6.07) is 0. The zero-order valence-corrected chi connectivity index (χ0v) is 29.8. The summed E-state index contributed by atoms with van der Waals surface area (Å²) in [5, 5.41) is 8.52. The maximum Gasteiger partial charge on any atom is 0.303 e. The Balaban J connectivity index is 0. The Morgan fingerprint density at radius 2 is 0.619 bits per heavy atom. The second-order valence-corrected chi connectivity index (χ2v) is 13.2. The number of carbonyl (C=O) groups is 1. The number of unbranched alkanes of at least 4 members (excludes halogenated alkanes) is 26. The number of hydrogen-bond donors (Lipinski definition) is 1. The largest absolute Gasteiger partial charge is 0.481 e. The third kappa shape index (κ3) is 41.6. The molecule has 3 heteroatoms. The number of rotatable bonds is 34. The SMILES string of the molecule is CCCCCCCCCCCCCCCCCC(=O)O.CCCCCCCCCCCCCCCN(CCC)CCC. The number of aliphatic carboxylic acids is 1. The third-order valence-electron chi connectivity index (χ3n) is 8.65. The van der Waals surface area contributed by atoms with Gasteiger partial charge in [-0.3, -0.25) is 4.79 Å². The van der Waals surface area contributed by atoms with E-state index in [1.54, 1.807) is 0 Å². The molecule has 0 spiro atoms. The van der Waals surface area contributed by atoms with Gasteiger partial charge in [0.25, 0.3) is 0 Å². The number of carboxylic acid groups (broad SMARTS) is 1. The zero-order valence-electron chi connectivity index (χ0n) is 29.8. The van der Waals surface area contributed by atoms with Crippen LogP contribution in [0.1, 0.15) is 227 Å². The number of hydrogen-bond acceptors (Lipinski definition) is 2. The summed E-state index contributed by atoms with van der Waals surface area (Å²) >= 11 is 0. The maximum absolute atomic E-state index is 10.3. The molecular weight excluding hydrogens is 514 g/mol. The highest BCUT2D eigenvalue weighted by Crippen LogP contribution is 2.14. The average molecular weight is 596 g/mol. The minimum atomic E-state index is -0.653. The van der Waals surface area contributed by atoms with Crippen molar-refractivity contribution in [2.24, 2.45) is 0 Å². The minimum Gasteiger partial charge on any atom is -0.481 e. The number of carboxylic acids is 1. The van der Waals surface area contributed by atoms with E-state index < -0.39 is 5.97 Å². The van der Waals surface area contributed by atoms with Crippen LogP contribution < -0.4 is 0 Å². The lowest BCUT2D eigenvalue weighted by Gasteiger charge is -2.20. The Hall–Kier alpha value is -0.570. The van der Waals surface area contributed by atoms with Crippen molar-refractivity contribution in [3.8, 4) is 0 Å². The molecule has 0 saturated heterocycles.